The minimum absolute atomic E-state index is 0.0626. The van der Waals surface area contributed by atoms with Gasteiger partial charge in [-0.25, -0.2) is 4.79 Å². The van der Waals surface area contributed by atoms with Crippen LogP contribution in [0.3, 0.4) is 0 Å². The molecule has 0 atom stereocenters. The molecule has 0 aliphatic heterocycles. The fourth-order valence-corrected chi connectivity index (χ4v) is 2.02. The average Bonchev–Trinajstić information content (AvgIpc) is 2.68. The molecule has 96 valence electrons. The van der Waals surface area contributed by atoms with Crippen molar-refractivity contribution in [1.29, 1.82) is 0 Å². The highest BCUT2D eigenvalue weighted by atomic mass is 32.1. The summed E-state index contributed by atoms with van der Waals surface area (Å²) in [6.45, 7) is 0.524. The number of hydrogen-bond acceptors (Lipinski definition) is 3. The third-order valence-electron chi connectivity index (χ3n) is 2.75. The lowest BCUT2D eigenvalue weighted by Gasteiger charge is -2.16. The fraction of sp³-hybridized carbons (Fsp3) is 0.333. The standard InChI is InChI=1S/C12H15N3O2S/c1-15(11(16)4-5-18)7-8-2-3-9-10(6-8)14-12(17)13-9/h2-3,6,18H,4-5,7H2,1H3,(H2,13,14,17). The summed E-state index contributed by atoms with van der Waals surface area (Å²) in [5.74, 6) is 0.612. The van der Waals surface area contributed by atoms with Crippen LogP contribution in [0.5, 0.6) is 0 Å². The molecule has 0 saturated heterocycles. The largest absolute Gasteiger partial charge is 0.341 e. The molecule has 0 saturated carbocycles. The Morgan fingerprint density at radius 3 is 2.78 bits per heavy atom. The Kier molecular flexibility index (Phi) is 3.76. The van der Waals surface area contributed by atoms with Crippen LogP contribution in [0.25, 0.3) is 11.0 Å². The number of hydrogen-bond donors (Lipinski definition) is 3. The van der Waals surface area contributed by atoms with Crippen molar-refractivity contribution in [1.82, 2.24) is 14.9 Å². The molecule has 0 spiro atoms. The second kappa shape index (κ2) is 5.30. The van der Waals surface area contributed by atoms with Crippen molar-refractivity contribution in [2.45, 2.75) is 13.0 Å². The van der Waals surface area contributed by atoms with Crippen LogP contribution in [-0.4, -0.2) is 33.6 Å². The Balaban J connectivity index is 2.16. The van der Waals surface area contributed by atoms with Gasteiger partial charge in [0.05, 0.1) is 11.0 Å². The van der Waals surface area contributed by atoms with Gasteiger partial charge in [0.2, 0.25) is 5.91 Å². The first-order valence-corrected chi connectivity index (χ1v) is 6.29. The number of imidazole rings is 1. The van der Waals surface area contributed by atoms with Crippen molar-refractivity contribution >= 4 is 29.6 Å². The molecule has 0 bridgehead atoms. The highest BCUT2D eigenvalue weighted by Crippen LogP contribution is 2.12. The van der Waals surface area contributed by atoms with E-state index >= 15 is 0 Å². The van der Waals surface area contributed by atoms with Gasteiger partial charge in [0, 0.05) is 20.0 Å². The van der Waals surface area contributed by atoms with Gasteiger partial charge in [0.25, 0.3) is 0 Å². The molecule has 0 unspecified atom stereocenters. The number of benzene rings is 1. The molecule has 0 radical (unpaired) electrons. The van der Waals surface area contributed by atoms with E-state index in [1.54, 1.807) is 11.9 Å². The van der Waals surface area contributed by atoms with Crippen LogP contribution in [-0.2, 0) is 11.3 Å². The van der Waals surface area contributed by atoms with Crippen LogP contribution < -0.4 is 5.69 Å². The Labute approximate surface area is 110 Å². The molecule has 18 heavy (non-hydrogen) atoms. The zero-order valence-electron chi connectivity index (χ0n) is 10.1. The van der Waals surface area contributed by atoms with Crippen molar-refractivity contribution in [3.63, 3.8) is 0 Å². The summed E-state index contributed by atoms with van der Waals surface area (Å²) in [6.07, 6.45) is 0.433. The van der Waals surface area contributed by atoms with Crippen molar-refractivity contribution in [2.24, 2.45) is 0 Å². The SMILES string of the molecule is CN(Cc1ccc2[nH]c(=O)[nH]c2c1)C(=O)CCS. The molecule has 6 heteroatoms. The van der Waals surface area contributed by atoms with Gasteiger partial charge in [-0.05, 0) is 23.4 Å². The van der Waals surface area contributed by atoms with Gasteiger partial charge in [-0.15, -0.1) is 0 Å². The summed E-state index contributed by atoms with van der Waals surface area (Å²) in [6, 6.07) is 5.60. The number of carbonyl (C=O) groups is 1. The molecular weight excluding hydrogens is 250 g/mol. The Morgan fingerprint density at radius 2 is 2.06 bits per heavy atom. The fourth-order valence-electron chi connectivity index (χ4n) is 1.83. The Morgan fingerprint density at radius 1 is 1.33 bits per heavy atom. The molecule has 0 fully saturated rings. The molecule has 1 aromatic heterocycles. The van der Waals surface area contributed by atoms with Gasteiger partial charge in [-0.2, -0.15) is 12.6 Å². The van der Waals surface area contributed by atoms with E-state index in [-0.39, 0.29) is 11.6 Å². The number of nitrogens with one attached hydrogen (secondary N) is 2. The number of thiol groups is 1. The Bertz CT molecular complexity index is 617. The van der Waals surface area contributed by atoms with Crippen molar-refractivity contribution < 1.29 is 4.79 Å². The molecule has 0 aliphatic rings. The summed E-state index contributed by atoms with van der Waals surface area (Å²) in [4.78, 5) is 29.8. The third kappa shape index (κ3) is 2.76. The van der Waals surface area contributed by atoms with E-state index in [0.29, 0.717) is 18.7 Å². The van der Waals surface area contributed by atoms with Crippen LogP contribution in [0.15, 0.2) is 23.0 Å². The number of rotatable bonds is 4. The molecule has 2 aromatic rings. The van der Waals surface area contributed by atoms with Crippen LogP contribution in [0, 0.1) is 0 Å². The van der Waals surface area contributed by atoms with E-state index in [1.807, 2.05) is 18.2 Å². The van der Waals surface area contributed by atoms with Gasteiger partial charge in [-0.1, -0.05) is 6.07 Å². The predicted molar refractivity (Wildman–Crippen MR) is 73.9 cm³/mol. The van der Waals surface area contributed by atoms with E-state index in [9.17, 15) is 9.59 Å². The van der Waals surface area contributed by atoms with Gasteiger partial charge in [-0.3, -0.25) is 4.79 Å². The minimum atomic E-state index is -0.221. The summed E-state index contributed by atoms with van der Waals surface area (Å²) >= 11 is 4.04. The molecule has 1 amide bonds. The number of nitrogens with zero attached hydrogens (tertiary/aromatic N) is 1. The molecule has 1 heterocycles. The quantitative estimate of drug-likeness (QED) is 0.725. The van der Waals surface area contributed by atoms with Crippen LogP contribution >= 0.6 is 12.6 Å². The second-order valence-corrected chi connectivity index (χ2v) is 4.63. The van der Waals surface area contributed by atoms with Crippen molar-refractivity contribution in [3.8, 4) is 0 Å². The zero-order chi connectivity index (χ0) is 13.1. The lowest BCUT2D eigenvalue weighted by molar-refractivity contribution is -0.129. The summed E-state index contributed by atoms with van der Waals surface area (Å²) < 4.78 is 0. The number of aromatic nitrogens is 2. The lowest BCUT2D eigenvalue weighted by Crippen LogP contribution is -2.26. The summed E-state index contributed by atoms with van der Waals surface area (Å²) in [5, 5.41) is 0. The van der Waals surface area contributed by atoms with Crippen LogP contribution in [0.4, 0.5) is 0 Å². The van der Waals surface area contributed by atoms with Gasteiger partial charge >= 0.3 is 5.69 Å². The number of fused-ring (bicyclic) bond motifs is 1. The topological polar surface area (TPSA) is 69.0 Å². The molecule has 5 nitrogen and oxygen atoms in total. The maximum atomic E-state index is 11.6. The van der Waals surface area contributed by atoms with E-state index < -0.39 is 0 Å². The number of amides is 1. The van der Waals surface area contributed by atoms with Crippen molar-refractivity contribution in [2.75, 3.05) is 12.8 Å². The van der Waals surface area contributed by atoms with E-state index in [1.165, 1.54) is 0 Å². The van der Waals surface area contributed by atoms with E-state index in [2.05, 4.69) is 22.6 Å². The minimum Gasteiger partial charge on any atom is -0.341 e. The summed E-state index contributed by atoms with van der Waals surface area (Å²) in [7, 11) is 1.76. The normalized spacial score (nSPS) is 10.8. The van der Waals surface area contributed by atoms with E-state index in [0.717, 1.165) is 16.6 Å². The summed E-state index contributed by atoms with van der Waals surface area (Å²) in [5.41, 5.74) is 2.29. The molecular formula is C12H15N3O2S. The number of H-pyrrole nitrogens is 2. The first-order valence-electron chi connectivity index (χ1n) is 5.66. The Hall–Kier alpha value is -1.69. The highest BCUT2D eigenvalue weighted by molar-refractivity contribution is 7.80. The van der Waals surface area contributed by atoms with E-state index in [4.69, 9.17) is 0 Å². The van der Waals surface area contributed by atoms with Crippen LogP contribution in [0.2, 0.25) is 0 Å². The monoisotopic (exact) mass is 265 g/mol. The average molecular weight is 265 g/mol. The molecule has 2 N–H and O–H groups in total. The zero-order valence-corrected chi connectivity index (χ0v) is 11.0. The third-order valence-corrected chi connectivity index (χ3v) is 2.98. The predicted octanol–water partition coefficient (Wildman–Crippen LogP) is 1.13. The lowest BCUT2D eigenvalue weighted by atomic mass is 10.2. The van der Waals surface area contributed by atoms with Crippen molar-refractivity contribution in [3.05, 3.63) is 34.2 Å². The van der Waals surface area contributed by atoms with Gasteiger partial charge < -0.3 is 14.9 Å². The maximum Gasteiger partial charge on any atom is 0.323 e. The smallest absolute Gasteiger partial charge is 0.323 e. The number of aromatic amines is 2. The highest BCUT2D eigenvalue weighted by Gasteiger charge is 2.08. The second-order valence-electron chi connectivity index (χ2n) is 4.18. The first-order chi connectivity index (χ1) is 8.60. The number of carbonyl (C=O) groups excluding carboxylic acids is 1. The van der Waals surface area contributed by atoms with Crippen LogP contribution in [0.1, 0.15) is 12.0 Å². The first kappa shape index (κ1) is 12.8. The molecule has 0 aliphatic carbocycles. The van der Waals surface area contributed by atoms with Gasteiger partial charge in [0.1, 0.15) is 0 Å². The molecule has 2 rings (SSSR count). The van der Waals surface area contributed by atoms with Gasteiger partial charge in [0.15, 0.2) is 0 Å². The maximum absolute atomic E-state index is 11.6. The molecule has 1 aromatic carbocycles.